The molecule has 0 spiro atoms. The molecule has 0 saturated heterocycles. The van der Waals surface area contributed by atoms with Crippen LogP contribution in [0.25, 0.3) is 11.3 Å². The van der Waals surface area contributed by atoms with E-state index in [0.29, 0.717) is 17.3 Å². The number of hydrogen-bond donors (Lipinski definition) is 1. The number of halogens is 1. The first-order valence-corrected chi connectivity index (χ1v) is 5.70. The maximum absolute atomic E-state index is 11.3. The minimum absolute atomic E-state index is 0.0521. The van der Waals surface area contributed by atoms with Crippen LogP contribution in [0.15, 0.2) is 41.3 Å². The summed E-state index contributed by atoms with van der Waals surface area (Å²) in [4.78, 5) is 14.2. The Balaban J connectivity index is 2.43. The van der Waals surface area contributed by atoms with Gasteiger partial charge in [0.2, 0.25) is 0 Å². The van der Waals surface area contributed by atoms with Gasteiger partial charge in [0.05, 0.1) is 17.3 Å². The summed E-state index contributed by atoms with van der Waals surface area (Å²) in [6.45, 7) is 2.51. The van der Waals surface area contributed by atoms with Crippen molar-refractivity contribution in [3.05, 3.63) is 51.8 Å². The summed E-state index contributed by atoms with van der Waals surface area (Å²) < 4.78 is 5.34. The van der Waals surface area contributed by atoms with Crippen molar-refractivity contribution < 1.29 is 4.74 Å². The summed E-state index contributed by atoms with van der Waals surface area (Å²) >= 11 is 6.15. The van der Waals surface area contributed by atoms with E-state index in [2.05, 4.69) is 4.98 Å². The SMILES string of the molecule is CCOc1ccc(-c2cc(=O)cc[nH]2)c(Cl)c1. The quantitative estimate of drug-likeness (QED) is 0.908. The van der Waals surface area contributed by atoms with E-state index < -0.39 is 0 Å². The molecule has 4 heteroatoms. The third-order valence-corrected chi connectivity index (χ3v) is 2.63. The molecule has 0 fully saturated rings. The highest BCUT2D eigenvalue weighted by Gasteiger charge is 2.05. The van der Waals surface area contributed by atoms with Crippen molar-refractivity contribution in [3.8, 4) is 17.0 Å². The fourth-order valence-corrected chi connectivity index (χ4v) is 1.84. The van der Waals surface area contributed by atoms with Crippen LogP contribution in [-0.4, -0.2) is 11.6 Å². The van der Waals surface area contributed by atoms with Crippen molar-refractivity contribution in [2.24, 2.45) is 0 Å². The van der Waals surface area contributed by atoms with Gasteiger partial charge in [-0.25, -0.2) is 0 Å². The molecule has 3 nitrogen and oxygen atoms in total. The Morgan fingerprint density at radius 3 is 2.76 bits per heavy atom. The molecule has 0 aliphatic carbocycles. The molecule has 0 bridgehead atoms. The highest BCUT2D eigenvalue weighted by atomic mass is 35.5. The molecular formula is C13H12ClNO2. The van der Waals surface area contributed by atoms with Crippen LogP contribution in [0, 0.1) is 0 Å². The number of rotatable bonds is 3. The molecule has 1 heterocycles. The number of H-pyrrole nitrogens is 1. The van der Waals surface area contributed by atoms with Gasteiger partial charge in [0.15, 0.2) is 5.43 Å². The molecule has 17 heavy (non-hydrogen) atoms. The number of aromatic nitrogens is 1. The molecule has 0 radical (unpaired) electrons. The van der Waals surface area contributed by atoms with Gasteiger partial charge in [-0.2, -0.15) is 0 Å². The van der Waals surface area contributed by atoms with Gasteiger partial charge in [-0.1, -0.05) is 11.6 Å². The van der Waals surface area contributed by atoms with Crippen LogP contribution in [0.2, 0.25) is 5.02 Å². The van der Waals surface area contributed by atoms with Gasteiger partial charge in [0.1, 0.15) is 5.75 Å². The average Bonchev–Trinajstić information content (AvgIpc) is 2.29. The number of benzene rings is 1. The Labute approximate surface area is 104 Å². The van der Waals surface area contributed by atoms with E-state index in [0.717, 1.165) is 11.3 Å². The van der Waals surface area contributed by atoms with E-state index in [4.69, 9.17) is 16.3 Å². The minimum atomic E-state index is -0.0521. The Hall–Kier alpha value is -1.74. The van der Waals surface area contributed by atoms with Crippen LogP contribution in [0.5, 0.6) is 5.75 Å². The summed E-state index contributed by atoms with van der Waals surface area (Å²) in [5.74, 6) is 0.722. The third-order valence-electron chi connectivity index (χ3n) is 2.31. The maximum atomic E-state index is 11.3. The molecule has 1 N–H and O–H groups in total. The van der Waals surface area contributed by atoms with Crippen LogP contribution < -0.4 is 10.2 Å². The number of nitrogens with one attached hydrogen (secondary N) is 1. The Kier molecular flexibility index (Phi) is 3.49. The molecule has 2 aromatic rings. The summed E-state index contributed by atoms with van der Waals surface area (Å²) in [6, 6.07) is 8.38. The highest BCUT2D eigenvalue weighted by molar-refractivity contribution is 6.33. The molecular weight excluding hydrogens is 238 g/mol. The Morgan fingerprint density at radius 1 is 1.29 bits per heavy atom. The lowest BCUT2D eigenvalue weighted by atomic mass is 10.1. The van der Waals surface area contributed by atoms with Crippen molar-refractivity contribution in [2.45, 2.75) is 6.92 Å². The molecule has 0 unspecified atom stereocenters. The Bertz CT molecular complexity index is 578. The van der Waals surface area contributed by atoms with Crippen molar-refractivity contribution in [2.75, 3.05) is 6.61 Å². The number of ether oxygens (including phenoxy) is 1. The topological polar surface area (TPSA) is 42.1 Å². The molecule has 0 amide bonds. The summed E-state index contributed by atoms with van der Waals surface area (Å²) in [5, 5.41) is 0.554. The molecule has 1 aromatic carbocycles. The normalized spacial score (nSPS) is 10.2. The molecule has 1 aromatic heterocycles. The predicted octanol–water partition coefficient (Wildman–Crippen LogP) is 3.09. The average molecular weight is 250 g/mol. The second-order valence-corrected chi connectivity index (χ2v) is 3.92. The smallest absolute Gasteiger partial charge is 0.182 e. The van der Waals surface area contributed by atoms with Crippen LogP contribution in [0.3, 0.4) is 0 Å². The lowest BCUT2D eigenvalue weighted by molar-refractivity contribution is 0.340. The monoisotopic (exact) mass is 249 g/mol. The van der Waals surface area contributed by atoms with E-state index in [-0.39, 0.29) is 5.43 Å². The standard InChI is InChI=1S/C13H12ClNO2/c1-2-17-10-3-4-11(12(14)8-10)13-7-9(16)5-6-15-13/h3-8H,2H2,1H3,(H,15,16). The fraction of sp³-hybridized carbons (Fsp3) is 0.154. The second-order valence-electron chi connectivity index (χ2n) is 3.51. The number of hydrogen-bond acceptors (Lipinski definition) is 2. The molecule has 2 rings (SSSR count). The zero-order valence-corrected chi connectivity index (χ0v) is 10.1. The predicted molar refractivity (Wildman–Crippen MR) is 68.7 cm³/mol. The summed E-state index contributed by atoms with van der Waals surface area (Å²) in [7, 11) is 0. The van der Waals surface area contributed by atoms with E-state index in [1.54, 1.807) is 12.3 Å². The van der Waals surface area contributed by atoms with E-state index >= 15 is 0 Å². The number of pyridine rings is 1. The first kappa shape index (κ1) is 11.7. The van der Waals surface area contributed by atoms with Crippen molar-refractivity contribution in [1.29, 1.82) is 0 Å². The molecule has 0 saturated carbocycles. The number of aromatic amines is 1. The van der Waals surface area contributed by atoms with E-state index in [1.165, 1.54) is 12.1 Å². The third kappa shape index (κ3) is 2.68. The van der Waals surface area contributed by atoms with Crippen LogP contribution in [0.1, 0.15) is 6.92 Å². The lowest BCUT2D eigenvalue weighted by Crippen LogP contribution is -1.98. The van der Waals surface area contributed by atoms with Gasteiger partial charge in [0.25, 0.3) is 0 Å². The van der Waals surface area contributed by atoms with E-state index in [1.807, 2.05) is 19.1 Å². The largest absolute Gasteiger partial charge is 0.494 e. The van der Waals surface area contributed by atoms with Crippen molar-refractivity contribution >= 4 is 11.6 Å². The molecule has 88 valence electrons. The van der Waals surface area contributed by atoms with Crippen LogP contribution >= 0.6 is 11.6 Å². The lowest BCUT2D eigenvalue weighted by Gasteiger charge is -2.07. The van der Waals surface area contributed by atoms with Crippen LogP contribution in [0.4, 0.5) is 0 Å². The van der Waals surface area contributed by atoms with Crippen molar-refractivity contribution in [3.63, 3.8) is 0 Å². The van der Waals surface area contributed by atoms with Crippen molar-refractivity contribution in [1.82, 2.24) is 4.98 Å². The summed E-state index contributed by atoms with van der Waals surface area (Å²) in [5.41, 5.74) is 1.43. The molecule has 0 atom stereocenters. The molecule has 0 aliphatic rings. The first-order chi connectivity index (χ1) is 8.20. The van der Waals surface area contributed by atoms with Gasteiger partial charge in [-0.05, 0) is 25.1 Å². The van der Waals surface area contributed by atoms with Crippen LogP contribution in [-0.2, 0) is 0 Å². The van der Waals surface area contributed by atoms with Gasteiger partial charge in [-0.15, -0.1) is 0 Å². The van der Waals surface area contributed by atoms with Gasteiger partial charge < -0.3 is 9.72 Å². The molecule has 0 aliphatic heterocycles. The van der Waals surface area contributed by atoms with E-state index in [9.17, 15) is 4.79 Å². The fourth-order valence-electron chi connectivity index (χ4n) is 1.57. The highest BCUT2D eigenvalue weighted by Crippen LogP contribution is 2.29. The maximum Gasteiger partial charge on any atom is 0.182 e. The summed E-state index contributed by atoms with van der Waals surface area (Å²) in [6.07, 6.45) is 1.60. The zero-order chi connectivity index (χ0) is 12.3. The zero-order valence-electron chi connectivity index (χ0n) is 9.37. The van der Waals surface area contributed by atoms with Gasteiger partial charge >= 0.3 is 0 Å². The first-order valence-electron chi connectivity index (χ1n) is 5.32. The second kappa shape index (κ2) is 5.06. The van der Waals surface area contributed by atoms with Gasteiger partial charge in [0, 0.05) is 23.9 Å². The Morgan fingerprint density at radius 2 is 2.12 bits per heavy atom. The minimum Gasteiger partial charge on any atom is -0.494 e. The van der Waals surface area contributed by atoms with Gasteiger partial charge in [-0.3, -0.25) is 4.79 Å².